The Morgan fingerprint density at radius 1 is 0.900 bits per heavy atom. The molecule has 2 aromatic rings. The van der Waals surface area contributed by atoms with Crippen LogP contribution in [-0.4, -0.2) is 44.8 Å². The Labute approximate surface area is 179 Å². The van der Waals surface area contributed by atoms with Gasteiger partial charge in [0.05, 0.1) is 6.54 Å². The Hall–Kier alpha value is -2.56. The first-order valence-electron chi connectivity index (χ1n) is 11.4. The Balaban J connectivity index is 1.45. The smallest absolute Gasteiger partial charge is 0.242 e. The number of carbonyl (C=O) groups is 2. The fourth-order valence-corrected chi connectivity index (χ4v) is 4.64. The molecule has 2 fully saturated rings. The number of nitrogens with zero attached hydrogens (tertiary/aromatic N) is 3. The molecule has 0 unspecified atom stereocenters. The molecule has 0 radical (unpaired) electrons. The van der Waals surface area contributed by atoms with Crippen molar-refractivity contribution in [3.63, 3.8) is 0 Å². The van der Waals surface area contributed by atoms with Crippen molar-refractivity contribution in [3.8, 4) is 0 Å². The summed E-state index contributed by atoms with van der Waals surface area (Å²) in [4.78, 5) is 29.5. The van der Waals surface area contributed by atoms with Gasteiger partial charge in [0, 0.05) is 37.4 Å². The topological polar surface area (TPSA) is 45.6 Å². The molecule has 0 aliphatic heterocycles. The van der Waals surface area contributed by atoms with Crippen molar-refractivity contribution >= 4 is 11.8 Å². The highest BCUT2D eigenvalue weighted by Crippen LogP contribution is 2.30. The van der Waals surface area contributed by atoms with Gasteiger partial charge in [-0.3, -0.25) is 9.59 Å². The third kappa shape index (κ3) is 5.13. The molecular weight excluding hydrogens is 374 g/mol. The zero-order valence-electron chi connectivity index (χ0n) is 18.0. The molecule has 0 saturated heterocycles. The van der Waals surface area contributed by atoms with Crippen molar-refractivity contribution in [3.05, 3.63) is 59.9 Å². The number of carbonyl (C=O) groups excluding carboxylic acids is 2. The number of benzene rings is 1. The van der Waals surface area contributed by atoms with Gasteiger partial charge in [-0.25, -0.2) is 0 Å². The Bertz CT molecular complexity index is 850. The Kier molecular flexibility index (Phi) is 6.56. The SMILES string of the molecule is CC(=O)N(CC(=O)N(Cc1cccn1Cc1ccccc1)C1CC1)C1CCCCC1. The first-order chi connectivity index (χ1) is 14.6. The monoisotopic (exact) mass is 407 g/mol. The van der Waals surface area contributed by atoms with Crippen molar-refractivity contribution in [2.75, 3.05) is 6.54 Å². The van der Waals surface area contributed by atoms with Crippen LogP contribution in [-0.2, 0) is 22.7 Å². The van der Waals surface area contributed by atoms with Crippen molar-refractivity contribution in [2.45, 2.75) is 77.0 Å². The molecule has 2 saturated carbocycles. The fraction of sp³-hybridized carbons (Fsp3) is 0.520. The molecule has 1 aromatic carbocycles. The predicted molar refractivity (Wildman–Crippen MR) is 118 cm³/mol. The van der Waals surface area contributed by atoms with E-state index in [0.717, 1.165) is 50.8 Å². The van der Waals surface area contributed by atoms with Crippen LogP contribution in [0.5, 0.6) is 0 Å². The minimum atomic E-state index is 0.0263. The van der Waals surface area contributed by atoms with Crippen LogP contribution in [0.2, 0.25) is 0 Å². The molecule has 30 heavy (non-hydrogen) atoms. The van der Waals surface area contributed by atoms with E-state index in [4.69, 9.17) is 0 Å². The van der Waals surface area contributed by atoms with Crippen molar-refractivity contribution in [1.82, 2.24) is 14.4 Å². The van der Waals surface area contributed by atoms with Crippen LogP contribution >= 0.6 is 0 Å². The van der Waals surface area contributed by atoms with Crippen molar-refractivity contribution in [1.29, 1.82) is 0 Å². The normalized spacial score (nSPS) is 17.0. The van der Waals surface area contributed by atoms with Gasteiger partial charge in [0.2, 0.25) is 11.8 Å². The van der Waals surface area contributed by atoms with E-state index >= 15 is 0 Å². The maximum Gasteiger partial charge on any atom is 0.242 e. The molecule has 1 aromatic heterocycles. The van der Waals surface area contributed by atoms with Crippen LogP contribution in [0.4, 0.5) is 0 Å². The second-order valence-electron chi connectivity index (χ2n) is 8.80. The Morgan fingerprint density at radius 3 is 2.27 bits per heavy atom. The van der Waals surface area contributed by atoms with Crippen LogP contribution in [0.3, 0.4) is 0 Å². The quantitative estimate of drug-likeness (QED) is 0.658. The molecule has 5 heteroatoms. The molecular formula is C25H33N3O2. The summed E-state index contributed by atoms with van der Waals surface area (Å²) in [5, 5.41) is 0. The maximum atomic E-state index is 13.3. The van der Waals surface area contributed by atoms with E-state index in [0.29, 0.717) is 12.6 Å². The lowest BCUT2D eigenvalue weighted by atomic mass is 9.94. The average Bonchev–Trinajstić information content (AvgIpc) is 3.51. The Morgan fingerprint density at radius 2 is 1.60 bits per heavy atom. The second-order valence-corrected chi connectivity index (χ2v) is 8.80. The summed E-state index contributed by atoms with van der Waals surface area (Å²) in [7, 11) is 0. The lowest BCUT2D eigenvalue weighted by Gasteiger charge is -2.35. The molecule has 1 heterocycles. The van der Waals surface area contributed by atoms with E-state index in [-0.39, 0.29) is 24.4 Å². The summed E-state index contributed by atoms with van der Waals surface area (Å²) >= 11 is 0. The number of amides is 2. The average molecular weight is 408 g/mol. The molecule has 160 valence electrons. The lowest BCUT2D eigenvalue weighted by Crippen LogP contribution is -2.47. The predicted octanol–water partition coefficient (Wildman–Crippen LogP) is 4.21. The molecule has 2 amide bonds. The largest absolute Gasteiger partial charge is 0.345 e. The molecule has 2 aliphatic rings. The summed E-state index contributed by atoms with van der Waals surface area (Å²) in [6.45, 7) is 3.24. The van der Waals surface area contributed by atoms with Gasteiger partial charge in [-0.1, -0.05) is 49.6 Å². The molecule has 0 spiro atoms. The highest BCUT2D eigenvalue weighted by atomic mass is 16.2. The zero-order valence-corrected chi connectivity index (χ0v) is 18.0. The van der Waals surface area contributed by atoms with E-state index in [1.165, 1.54) is 12.0 Å². The number of aromatic nitrogens is 1. The summed E-state index contributed by atoms with van der Waals surface area (Å²) in [6.07, 6.45) is 9.81. The van der Waals surface area contributed by atoms with E-state index in [2.05, 4.69) is 47.2 Å². The third-order valence-corrected chi connectivity index (χ3v) is 6.49. The lowest BCUT2D eigenvalue weighted by molar-refractivity contribution is -0.142. The summed E-state index contributed by atoms with van der Waals surface area (Å²) in [5.74, 6) is 0.115. The molecule has 2 aliphatic carbocycles. The fourth-order valence-electron chi connectivity index (χ4n) is 4.64. The number of rotatable bonds is 8. The number of hydrogen-bond donors (Lipinski definition) is 0. The van der Waals surface area contributed by atoms with Gasteiger partial charge in [-0.05, 0) is 43.4 Å². The van der Waals surface area contributed by atoms with E-state index in [1.54, 1.807) is 6.92 Å². The second kappa shape index (κ2) is 9.50. The molecule has 4 rings (SSSR count). The van der Waals surface area contributed by atoms with Crippen LogP contribution in [0.1, 0.15) is 63.1 Å². The summed E-state index contributed by atoms with van der Waals surface area (Å²) in [6, 6.07) is 15.1. The standard InChI is InChI=1S/C25H33N3O2/c1-20(29)27(22-11-6-3-7-12-22)19-25(30)28(23-14-15-23)18-24-13-8-16-26(24)17-21-9-4-2-5-10-21/h2,4-5,8-10,13,16,22-23H,3,6-7,11-12,14-15,17-19H2,1H3. The van der Waals surface area contributed by atoms with Gasteiger partial charge in [-0.15, -0.1) is 0 Å². The van der Waals surface area contributed by atoms with Gasteiger partial charge in [-0.2, -0.15) is 0 Å². The van der Waals surface area contributed by atoms with Gasteiger partial charge < -0.3 is 14.4 Å². The first kappa shape index (κ1) is 20.7. The van der Waals surface area contributed by atoms with Gasteiger partial charge in [0.15, 0.2) is 0 Å². The summed E-state index contributed by atoms with van der Waals surface area (Å²) in [5.41, 5.74) is 2.39. The van der Waals surface area contributed by atoms with Crippen molar-refractivity contribution in [2.24, 2.45) is 0 Å². The van der Waals surface area contributed by atoms with Crippen LogP contribution in [0.15, 0.2) is 48.7 Å². The number of hydrogen-bond acceptors (Lipinski definition) is 2. The minimum absolute atomic E-state index is 0.0263. The van der Waals surface area contributed by atoms with Gasteiger partial charge in [0.25, 0.3) is 0 Å². The summed E-state index contributed by atoms with van der Waals surface area (Å²) < 4.78 is 2.22. The van der Waals surface area contributed by atoms with Crippen LogP contribution in [0, 0.1) is 0 Å². The molecule has 5 nitrogen and oxygen atoms in total. The minimum Gasteiger partial charge on any atom is -0.345 e. The van der Waals surface area contributed by atoms with Crippen LogP contribution < -0.4 is 0 Å². The van der Waals surface area contributed by atoms with E-state index in [9.17, 15) is 9.59 Å². The van der Waals surface area contributed by atoms with Gasteiger partial charge >= 0.3 is 0 Å². The molecule has 0 bridgehead atoms. The third-order valence-electron chi connectivity index (χ3n) is 6.49. The van der Waals surface area contributed by atoms with E-state index in [1.807, 2.05) is 15.9 Å². The first-order valence-corrected chi connectivity index (χ1v) is 11.4. The zero-order chi connectivity index (χ0) is 20.9. The van der Waals surface area contributed by atoms with Crippen molar-refractivity contribution < 1.29 is 9.59 Å². The molecule has 0 N–H and O–H groups in total. The highest BCUT2D eigenvalue weighted by Gasteiger charge is 2.35. The highest BCUT2D eigenvalue weighted by molar-refractivity contribution is 5.84. The maximum absolute atomic E-state index is 13.3. The van der Waals surface area contributed by atoms with Gasteiger partial charge in [0.1, 0.15) is 6.54 Å². The molecule has 0 atom stereocenters. The van der Waals surface area contributed by atoms with Crippen LogP contribution in [0.25, 0.3) is 0 Å². The van der Waals surface area contributed by atoms with E-state index < -0.39 is 0 Å².